The second-order valence-corrected chi connectivity index (χ2v) is 10.5. The van der Waals surface area contributed by atoms with Crippen molar-refractivity contribution >= 4 is 39.0 Å². The number of imidazole rings is 1. The van der Waals surface area contributed by atoms with E-state index in [1.54, 1.807) is 36.8 Å². The Hall–Kier alpha value is -4.44. The Balaban J connectivity index is 1.41. The number of anilines is 1. The number of halogens is 2. The second kappa shape index (κ2) is 9.46. The first-order valence-corrected chi connectivity index (χ1v) is 12.9. The van der Waals surface area contributed by atoms with Crippen LogP contribution in [-0.2, 0) is 0 Å². The minimum Gasteiger partial charge on any atom is -0.358 e. The number of allylic oxidation sites excluding steroid dienone is 1. The minimum absolute atomic E-state index is 0.291. The molecule has 5 aromatic heterocycles. The van der Waals surface area contributed by atoms with Crippen LogP contribution in [0.5, 0.6) is 0 Å². The van der Waals surface area contributed by atoms with Crippen LogP contribution in [0.25, 0.3) is 55.2 Å². The van der Waals surface area contributed by atoms with Crippen LogP contribution in [0.1, 0.15) is 20.3 Å². The normalized spacial score (nSPS) is 11.6. The molecule has 190 valence electrons. The number of aromatic nitrogens is 6. The number of nitrogens with zero attached hydrogens (tertiary/aromatic N) is 4. The van der Waals surface area contributed by atoms with Gasteiger partial charge in [-0.1, -0.05) is 20.4 Å². The molecule has 1 aromatic carbocycles. The lowest BCUT2D eigenvalue weighted by atomic mass is 10.0. The molecule has 0 aliphatic rings. The summed E-state index contributed by atoms with van der Waals surface area (Å²) in [6.07, 6.45) is 5.78. The van der Waals surface area contributed by atoms with E-state index in [0.29, 0.717) is 55.6 Å². The molecule has 6 rings (SSSR count). The average Bonchev–Trinajstić information content (AvgIpc) is 3.60. The Morgan fingerprint density at radius 3 is 2.74 bits per heavy atom. The van der Waals surface area contributed by atoms with E-state index in [0.717, 1.165) is 34.7 Å². The number of H-pyrrole nitrogens is 2. The molecular formula is C28H23F2N7S. The first kappa shape index (κ1) is 23.9. The number of benzene rings is 1. The van der Waals surface area contributed by atoms with Crippen LogP contribution in [0, 0.1) is 16.9 Å². The van der Waals surface area contributed by atoms with Crippen molar-refractivity contribution in [3.05, 3.63) is 78.2 Å². The highest BCUT2D eigenvalue weighted by molar-refractivity contribution is 7.13. The molecule has 0 saturated heterocycles. The van der Waals surface area contributed by atoms with Gasteiger partial charge >= 0.3 is 0 Å². The number of rotatable bonds is 7. The van der Waals surface area contributed by atoms with Gasteiger partial charge in [-0.2, -0.15) is 9.49 Å². The zero-order valence-electron chi connectivity index (χ0n) is 20.6. The van der Waals surface area contributed by atoms with Crippen molar-refractivity contribution in [1.82, 2.24) is 30.1 Å². The fourth-order valence-corrected chi connectivity index (χ4v) is 5.24. The molecule has 0 aliphatic heterocycles. The number of fused-ring (bicyclic) bond motifs is 2. The van der Waals surface area contributed by atoms with Crippen molar-refractivity contribution in [2.75, 3.05) is 5.32 Å². The van der Waals surface area contributed by atoms with Gasteiger partial charge in [0.25, 0.3) is 0 Å². The van der Waals surface area contributed by atoms with Gasteiger partial charge in [0, 0.05) is 40.7 Å². The Labute approximate surface area is 220 Å². The zero-order valence-corrected chi connectivity index (χ0v) is 21.5. The van der Waals surface area contributed by atoms with E-state index in [-0.39, 0.29) is 5.13 Å². The van der Waals surface area contributed by atoms with Crippen LogP contribution in [0.4, 0.5) is 14.5 Å². The van der Waals surface area contributed by atoms with Crippen molar-refractivity contribution in [3.63, 3.8) is 0 Å². The summed E-state index contributed by atoms with van der Waals surface area (Å²) in [5, 5.41) is 11.0. The second-order valence-electron chi connectivity index (χ2n) is 9.48. The number of nitrogens with one attached hydrogen (secondary N) is 3. The van der Waals surface area contributed by atoms with E-state index in [1.165, 1.54) is 12.1 Å². The highest BCUT2D eigenvalue weighted by Gasteiger charge is 2.19. The molecule has 3 N–H and O–H groups in total. The third kappa shape index (κ3) is 4.43. The number of aromatic amines is 2. The SMILES string of the molecule is C=C(CC(C)C)Nc1cncc(-c2cc3c(-c4nc5c(-c6ccc(F)s6)nccc5[nH]4)n[nH]c3cc2F)c1. The molecule has 0 fully saturated rings. The monoisotopic (exact) mass is 527 g/mol. The van der Waals surface area contributed by atoms with Gasteiger partial charge in [-0.25, -0.2) is 9.37 Å². The molecular weight excluding hydrogens is 504 g/mol. The van der Waals surface area contributed by atoms with Crippen LogP contribution in [-0.4, -0.2) is 30.1 Å². The smallest absolute Gasteiger partial charge is 0.177 e. The maximum atomic E-state index is 15.2. The first-order chi connectivity index (χ1) is 18.4. The quantitative estimate of drug-likeness (QED) is 0.199. The molecule has 0 amide bonds. The molecule has 0 aliphatic carbocycles. The van der Waals surface area contributed by atoms with Gasteiger partial charge < -0.3 is 10.3 Å². The molecule has 0 spiro atoms. The summed E-state index contributed by atoms with van der Waals surface area (Å²) in [5.41, 5.74) is 5.61. The molecule has 0 bridgehead atoms. The fourth-order valence-electron chi connectivity index (χ4n) is 4.51. The molecule has 38 heavy (non-hydrogen) atoms. The number of hydrogen-bond acceptors (Lipinski definition) is 6. The molecule has 10 heteroatoms. The Bertz CT molecular complexity index is 1820. The Morgan fingerprint density at radius 1 is 1.08 bits per heavy atom. The van der Waals surface area contributed by atoms with Gasteiger partial charge in [0.15, 0.2) is 11.0 Å². The van der Waals surface area contributed by atoms with Gasteiger partial charge in [-0.15, -0.1) is 11.3 Å². The molecule has 7 nitrogen and oxygen atoms in total. The van der Waals surface area contributed by atoms with E-state index in [1.807, 2.05) is 6.07 Å². The summed E-state index contributed by atoms with van der Waals surface area (Å²) in [6.45, 7) is 8.32. The van der Waals surface area contributed by atoms with E-state index in [4.69, 9.17) is 4.98 Å². The average molecular weight is 528 g/mol. The summed E-state index contributed by atoms with van der Waals surface area (Å²) in [7, 11) is 0. The molecule has 0 atom stereocenters. The summed E-state index contributed by atoms with van der Waals surface area (Å²) >= 11 is 1.01. The number of hydrogen-bond donors (Lipinski definition) is 3. The van der Waals surface area contributed by atoms with Crippen LogP contribution in [0.3, 0.4) is 0 Å². The van der Waals surface area contributed by atoms with Gasteiger partial charge in [-0.05, 0) is 42.7 Å². The molecule has 0 radical (unpaired) electrons. The van der Waals surface area contributed by atoms with Crippen LogP contribution in [0.2, 0.25) is 0 Å². The largest absolute Gasteiger partial charge is 0.358 e. The first-order valence-electron chi connectivity index (χ1n) is 12.0. The third-order valence-electron chi connectivity index (χ3n) is 6.11. The maximum Gasteiger partial charge on any atom is 0.177 e. The molecule has 0 saturated carbocycles. The standard InChI is InChI=1S/C28H23F2N7S/c1-14(2)8-15(3)33-17-9-16(12-31-13-17)18-10-19-22(11-20(18)29)36-37-25(19)28-34-21-6-7-32-27(26(21)35-28)23-4-5-24(30)38-23/h4-7,9-14,33H,3,8H2,1-2H3,(H,34,35)(H,36,37). The zero-order chi connectivity index (χ0) is 26.4. The molecule has 6 aromatic rings. The van der Waals surface area contributed by atoms with E-state index >= 15 is 4.39 Å². The molecule has 0 unspecified atom stereocenters. The number of thiophene rings is 1. The lowest BCUT2D eigenvalue weighted by molar-refractivity contribution is 0.632. The summed E-state index contributed by atoms with van der Waals surface area (Å²) < 4.78 is 28.9. The van der Waals surface area contributed by atoms with Crippen LogP contribution >= 0.6 is 11.3 Å². The predicted molar refractivity (Wildman–Crippen MR) is 148 cm³/mol. The van der Waals surface area contributed by atoms with Gasteiger partial charge in [0.1, 0.15) is 22.7 Å². The third-order valence-corrected chi connectivity index (χ3v) is 6.99. The van der Waals surface area contributed by atoms with Gasteiger partial charge in [-0.3, -0.25) is 15.1 Å². The maximum absolute atomic E-state index is 15.2. The predicted octanol–water partition coefficient (Wildman–Crippen LogP) is 7.54. The van der Waals surface area contributed by atoms with Gasteiger partial charge in [0.05, 0.1) is 27.8 Å². The van der Waals surface area contributed by atoms with E-state index < -0.39 is 5.82 Å². The Kier molecular flexibility index (Phi) is 5.96. The molecule has 5 heterocycles. The highest BCUT2D eigenvalue weighted by Crippen LogP contribution is 2.35. The summed E-state index contributed by atoms with van der Waals surface area (Å²) in [5.74, 6) is 0.555. The summed E-state index contributed by atoms with van der Waals surface area (Å²) in [4.78, 5) is 17.4. The topological polar surface area (TPSA) is 95.2 Å². The van der Waals surface area contributed by atoms with Gasteiger partial charge in [0.2, 0.25) is 0 Å². The van der Waals surface area contributed by atoms with Crippen LogP contribution in [0.15, 0.2) is 67.3 Å². The lowest BCUT2D eigenvalue weighted by Crippen LogP contribution is -2.02. The van der Waals surface area contributed by atoms with Crippen molar-refractivity contribution in [2.45, 2.75) is 20.3 Å². The van der Waals surface area contributed by atoms with Crippen LogP contribution < -0.4 is 5.32 Å². The van der Waals surface area contributed by atoms with E-state index in [9.17, 15) is 4.39 Å². The lowest BCUT2D eigenvalue weighted by Gasteiger charge is -2.12. The van der Waals surface area contributed by atoms with Crippen molar-refractivity contribution in [2.24, 2.45) is 5.92 Å². The Morgan fingerprint density at radius 2 is 1.95 bits per heavy atom. The van der Waals surface area contributed by atoms with Crippen molar-refractivity contribution in [3.8, 4) is 33.2 Å². The number of pyridine rings is 2. The highest BCUT2D eigenvalue weighted by atomic mass is 32.1. The minimum atomic E-state index is -0.400. The summed E-state index contributed by atoms with van der Waals surface area (Å²) in [6, 6.07) is 9.91. The van der Waals surface area contributed by atoms with Crippen molar-refractivity contribution < 1.29 is 8.78 Å². The van der Waals surface area contributed by atoms with E-state index in [2.05, 4.69) is 50.9 Å². The van der Waals surface area contributed by atoms with Crippen molar-refractivity contribution in [1.29, 1.82) is 0 Å². The fraction of sp³-hybridized carbons (Fsp3) is 0.143.